The monoisotopic (exact) mass is 368 g/mol. The summed E-state index contributed by atoms with van der Waals surface area (Å²) in [6, 6.07) is 8.71. The number of carbonyl (C=O) groups excluding carboxylic acids is 1. The Kier molecular flexibility index (Phi) is 4.95. The molecule has 23 heavy (non-hydrogen) atoms. The maximum absolute atomic E-state index is 11.9. The van der Waals surface area contributed by atoms with Gasteiger partial charge in [-0.2, -0.15) is 4.98 Å². The van der Waals surface area contributed by atoms with Gasteiger partial charge >= 0.3 is 5.97 Å². The third kappa shape index (κ3) is 4.10. The molecule has 3 aromatic rings. The molecule has 8 heteroatoms. The van der Waals surface area contributed by atoms with Crippen LogP contribution in [0.3, 0.4) is 0 Å². The summed E-state index contributed by atoms with van der Waals surface area (Å²) < 4.78 is 10.2. The Labute approximate surface area is 145 Å². The highest BCUT2D eigenvalue weighted by atomic mass is 35.5. The topological polar surface area (TPSA) is 65.2 Å². The number of thiophene rings is 1. The first-order valence-corrected chi connectivity index (χ1v) is 8.21. The SMILES string of the molecule is O=C(Cc1ccc(Cl)cc1Cl)OCc1nc(-c2cccs2)no1. The van der Waals surface area contributed by atoms with Crippen LogP contribution in [0.1, 0.15) is 11.5 Å². The molecule has 0 fully saturated rings. The number of esters is 1. The van der Waals surface area contributed by atoms with Gasteiger partial charge in [-0.1, -0.05) is 40.5 Å². The highest BCUT2D eigenvalue weighted by Crippen LogP contribution is 2.23. The summed E-state index contributed by atoms with van der Waals surface area (Å²) >= 11 is 13.3. The molecular weight excluding hydrogens is 359 g/mol. The lowest BCUT2D eigenvalue weighted by Gasteiger charge is -2.04. The van der Waals surface area contributed by atoms with Crippen LogP contribution in [0.25, 0.3) is 10.7 Å². The highest BCUT2D eigenvalue weighted by molar-refractivity contribution is 7.13. The number of benzene rings is 1. The van der Waals surface area contributed by atoms with E-state index in [0.29, 0.717) is 21.4 Å². The second-order valence-corrected chi connectivity index (χ2v) is 6.35. The van der Waals surface area contributed by atoms with E-state index in [1.807, 2.05) is 17.5 Å². The van der Waals surface area contributed by atoms with E-state index in [4.69, 9.17) is 32.5 Å². The second kappa shape index (κ2) is 7.12. The van der Waals surface area contributed by atoms with Gasteiger partial charge in [-0.25, -0.2) is 0 Å². The molecular formula is C15H10Cl2N2O3S. The molecule has 2 aromatic heterocycles. The van der Waals surface area contributed by atoms with Gasteiger partial charge in [-0.3, -0.25) is 4.79 Å². The van der Waals surface area contributed by atoms with E-state index in [1.165, 1.54) is 11.3 Å². The predicted molar refractivity (Wildman–Crippen MR) is 87.6 cm³/mol. The lowest BCUT2D eigenvalue weighted by molar-refractivity contribution is -0.144. The van der Waals surface area contributed by atoms with E-state index in [0.717, 1.165) is 4.88 Å². The van der Waals surface area contributed by atoms with Crippen LogP contribution < -0.4 is 0 Å². The molecule has 5 nitrogen and oxygen atoms in total. The average molecular weight is 369 g/mol. The number of halogens is 2. The fourth-order valence-electron chi connectivity index (χ4n) is 1.83. The van der Waals surface area contributed by atoms with E-state index in [1.54, 1.807) is 18.2 Å². The number of ether oxygens (including phenoxy) is 1. The van der Waals surface area contributed by atoms with Crippen molar-refractivity contribution in [2.24, 2.45) is 0 Å². The molecule has 0 saturated carbocycles. The number of rotatable bonds is 5. The highest BCUT2D eigenvalue weighted by Gasteiger charge is 2.13. The third-order valence-corrected chi connectivity index (χ3v) is 4.37. The Hall–Kier alpha value is -1.89. The molecule has 0 radical (unpaired) electrons. The zero-order chi connectivity index (χ0) is 16.2. The van der Waals surface area contributed by atoms with Crippen molar-refractivity contribution in [3.63, 3.8) is 0 Å². The van der Waals surface area contributed by atoms with Crippen LogP contribution in [-0.4, -0.2) is 16.1 Å². The minimum Gasteiger partial charge on any atom is -0.455 e. The standard InChI is InChI=1S/C15H10Cl2N2O3S/c16-10-4-3-9(11(17)7-10)6-14(20)21-8-13-18-15(19-22-13)12-2-1-5-23-12/h1-5,7H,6,8H2. The van der Waals surface area contributed by atoms with E-state index in [2.05, 4.69) is 10.1 Å². The van der Waals surface area contributed by atoms with Crippen molar-refractivity contribution in [3.8, 4) is 10.7 Å². The normalized spacial score (nSPS) is 10.7. The molecule has 0 unspecified atom stereocenters. The van der Waals surface area contributed by atoms with Crippen LogP contribution in [0.15, 0.2) is 40.2 Å². The molecule has 1 aromatic carbocycles. The van der Waals surface area contributed by atoms with Gasteiger partial charge < -0.3 is 9.26 Å². The van der Waals surface area contributed by atoms with Gasteiger partial charge in [0.2, 0.25) is 5.82 Å². The largest absolute Gasteiger partial charge is 0.455 e. The fraction of sp³-hybridized carbons (Fsp3) is 0.133. The van der Waals surface area contributed by atoms with Crippen LogP contribution in [0, 0.1) is 0 Å². The summed E-state index contributed by atoms with van der Waals surface area (Å²) in [4.78, 5) is 16.9. The number of hydrogen-bond donors (Lipinski definition) is 0. The molecule has 0 aliphatic rings. The molecule has 0 aliphatic heterocycles. The number of aromatic nitrogens is 2. The molecule has 0 atom stereocenters. The van der Waals surface area contributed by atoms with E-state index >= 15 is 0 Å². The Bertz CT molecular complexity index is 818. The summed E-state index contributed by atoms with van der Waals surface area (Å²) in [5.41, 5.74) is 0.644. The van der Waals surface area contributed by atoms with Crippen molar-refractivity contribution in [2.45, 2.75) is 13.0 Å². The Morgan fingerprint density at radius 3 is 2.91 bits per heavy atom. The van der Waals surface area contributed by atoms with E-state index in [9.17, 15) is 4.79 Å². The van der Waals surface area contributed by atoms with Crippen molar-refractivity contribution in [1.29, 1.82) is 0 Å². The van der Waals surface area contributed by atoms with Gasteiger partial charge in [-0.15, -0.1) is 11.3 Å². The molecule has 0 saturated heterocycles. The summed E-state index contributed by atoms with van der Waals surface area (Å²) in [5, 5.41) is 6.70. The van der Waals surface area contributed by atoms with Crippen molar-refractivity contribution in [2.75, 3.05) is 0 Å². The molecule has 3 rings (SSSR count). The van der Waals surface area contributed by atoms with Crippen LogP contribution >= 0.6 is 34.5 Å². The van der Waals surface area contributed by atoms with Crippen LogP contribution in [0.2, 0.25) is 10.0 Å². The fourth-order valence-corrected chi connectivity index (χ4v) is 2.96. The summed E-state index contributed by atoms with van der Waals surface area (Å²) in [6.07, 6.45) is 0.0436. The lowest BCUT2D eigenvalue weighted by atomic mass is 10.1. The number of hydrogen-bond acceptors (Lipinski definition) is 6. The van der Waals surface area contributed by atoms with Gasteiger partial charge in [0.05, 0.1) is 11.3 Å². The number of nitrogens with zero attached hydrogens (tertiary/aromatic N) is 2. The lowest BCUT2D eigenvalue weighted by Crippen LogP contribution is -2.08. The maximum Gasteiger partial charge on any atom is 0.310 e. The van der Waals surface area contributed by atoms with Crippen LogP contribution in [0.4, 0.5) is 0 Å². The van der Waals surface area contributed by atoms with Gasteiger partial charge in [-0.05, 0) is 29.1 Å². The first kappa shape index (κ1) is 16.0. The van der Waals surface area contributed by atoms with Gasteiger partial charge in [0.25, 0.3) is 5.89 Å². The first-order chi connectivity index (χ1) is 11.1. The van der Waals surface area contributed by atoms with E-state index < -0.39 is 5.97 Å². The van der Waals surface area contributed by atoms with Gasteiger partial charge in [0.1, 0.15) is 0 Å². The van der Waals surface area contributed by atoms with Crippen LogP contribution in [-0.2, 0) is 22.6 Å². The summed E-state index contributed by atoms with van der Waals surface area (Å²) in [5.74, 6) is 0.279. The first-order valence-electron chi connectivity index (χ1n) is 6.58. The average Bonchev–Trinajstić information content (AvgIpc) is 3.18. The van der Waals surface area contributed by atoms with Crippen LogP contribution in [0.5, 0.6) is 0 Å². The molecule has 0 spiro atoms. The predicted octanol–water partition coefficient (Wildman–Crippen LogP) is 4.39. The Morgan fingerprint density at radius 1 is 1.30 bits per heavy atom. The van der Waals surface area contributed by atoms with Crippen molar-refractivity contribution < 1.29 is 14.1 Å². The Balaban J connectivity index is 1.57. The third-order valence-electron chi connectivity index (χ3n) is 2.92. The minimum atomic E-state index is -0.440. The summed E-state index contributed by atoms with van der Waals surface area (Å²) in [6.45, 7) is -0.0809. The smallest absolute Gasteiger partial charge is 0.310 e. The molecule has 0 bridgehead atoms. The van der Waals surface area contributed by atoms with E-state index in [-0.39, 0.29) is 18.9 Å². The minimum absolute atomic E-state index is 0.0436. The molecule has 0 N–H and O–H groups in total. The molecule has 118 valence electrons. The zero-order valence-electron chi connectivity index (χ0n) is 11.7. The quantitative estimate of drug-likeness (QED) is 0.624. The van der Waals surface area contributed by atoms with Crippen molar-refractivity contribution in [1.82, 2.24) is 10.1 Å². The summed E-state index contributed by atoms with van der Waals surface area (Å²) in [7, 11) is 0. The second-order valence-electron chi connectivity index (χ2n) is 4.56. The molecule has 2 heterocycles. The van der Waals surface area contributed by atoms with Crippen molar-refractivity contribution >= 4 is 40.5 Å². The van der Waals surface area contributed by atoms with Gasteiger partial charge in [0.15, 0.2) is 6.61 Å². The van der Waals surface area contributed by atoms with Gasteiger partial charge in [0, 0.05) is 10.0 Å². The maximum atomic E-state index is 11.9. The molecule has 0 amide bonds. The zero-order valence-corrected chi connectivity index (χ0v) is 14.0. The Morgan fingerprint density at radius 2 is 2.17 bits per heavy atom. The molecule has 0 aliphatic carbocycles. The number of carbonyl (C=O) groups is 1. The van der Waals surface area contributed by atoms with Crippen molar-refractivity contribution in [3.05, 3.63) is 57.2 Å².